The summed E-state index contributed by atoms with van der Waals surface area (Å²) in [6, 6.07) is 3.75. The van der Waals surface area contributed by atoms with Gasteiger partial charge in [-0.3, -0.25) is 0 Å². The SMILES string of the molecule is CCC#N.[CH2-]CC#N.[CH2-]CCN.[CH3-].[W].[W].[W].[W].[W].[W]. The molecule has 0 radical (unpaired) electrons. The van der Waals surface area contributed by atoms with Crippen LogP contribution in [-0.4, -0.2) is 6.54 Å². The van der Waals surface area contributed by atoms with E-state index in [2.05, 4.69) is 13.8 Å². The van der Waals surface area contributed by atoms with Gasteiger partial charge < -0.3 is 27.0 Å². The van der Waals surface area contributed by atoms with Gasteiger partial charge in [0.15, 0.2) is 0 Å². The summed E-state index contributed by atoms with van der Waals surface area (Å²) < 4.78 is 0. The first-order valence-electron chi connectivity index (χ1n) is 3.77. The average Bonchev–Trinajstić information content (AvgIpc) is 2.18. The zero-order valence-corrected chi connectivity index (χ0v) is 28.8. The van der Waals surface area contributed by atoms with Gasteiger partial charge in [-0.25, -0.2) is 5.26 Å². The molecule has 0 aromatic heterocycles. The van der Waals surface area contributed by atoms with E-state index < -0.39 is 0 Å². The number of nitrogens with two attached hydrogens (primary N) is 1. The topological polar surface area (TPSA) is 73.6 Å². The molecule has 114 valence electrons. The van der Waals surface area contributed by atoms with Crippen LogP contribution in [0.25, 0.3) is 0 Å². The molecule has 0 saturated heterocycles. The largest absolute Gasteiger partial charge is 0.358 e. The third-order valence-corrected chi connectivity index (χ3v) is 0.474. The maximum Gasteiger partial charge on any atom is 0.0618 e. The molecule has 0 aliphatic carbocycles. The molecule has 0 fully saturated rings. The Hall–Kier alpha value is 3.07. The Kier molecular flexibility index (Phi) is 365. The fraction of sp³-hybridized carbons (Fsp3) is 0.500. The summed E-state index contributed by atoms with van der Waals surface area (Å²) in [6.45, 7) is 9.25. The second-order valence-corrected chi connectivity index (χ2v) is 1.56. The van der Waals surface area contributed by atoms with Crippen molar-refractivity contribution >= 4 is 0 Å². The van der Waals surface area contributed by atoms with Crippen molar-refractivity contribution in [3.63, 3.8) is 0 Å². The predicted octanol–water partition coefficient (Wildman–Crippen LogP) is 2.26. The van der Waals surface area contributed by atoms with Crippen molar-refractivity contribution in [2.75, 3.05) is 6.54 Å². The Morgan fingerprint density at radius 3 is 1.05 bits per heavy atom. The molecule has 0 unspecified atom stereocenters. The molecule has 0 aliphatic heterocycles. The smallest absolute Gasteiger partial charge is 0.0618 e. The molecule has 0 aromatic rings. The molecule has 0 aliphatic rings. The van der Waals surface area contributed by atoms with Crippen molar-refractivity contribution in [1.82, 2.24) is 0 Å². The Bertz CT molecular complexity index is 120. The fourth-order valence-electron chi connectivity index (χ4n) is 0. The molecule has 2 N–H and O–H groups in total. The standard InChI is InChI=1S/C3H8N.C3H5N.C3H4N.CH3.6W/c3*1-2-3-4;;;;;;;/h1-4H2;2H2,1H3;1-2H2;1H3;;;;;;/q-1;;2*-1;;;;;;. The minimum absolute atomic E-state index is 0. The van der Waals surface area contributed by atoms with Crippen LogP contribution in [0.15, 0.2) is 0 Å². The van der Waals surface area contributed by atoms with Gasteiger partial charge in [0.2, 0.25) is 0 Å². The zero-order chi connectivity index (χ0) is 10.2. The van der Waals surface area contributed by atoms with Crippen LogP contribution in [0.1, 0.15) is 26.2 Å². The summed E-state index contributed by atoms with van der Waals surface area (Å²) in [5.74, 6) is 0. The molecule has 0 spiro atoms. The molecule has 0 bridgehead atoms. The Morgan fingerprint density at radius 2 is 1.05 bits per heavy atom. The van der Waals surface area contributed by atoms with E-state index in [0.717, 1.165) is 6.42 Å². The van der Waals surface area contributed by atoms with E-state index >= 15 is 0 Å². The van der Waals surface area contributed by atoms with Gasteiger partial charge in [-0.05, 0) is 6.54 Å². The average molecular weight is 1290 g/mol. The Labute approximate surface area is 205 Å². The first-order chi connectivity index (χ1) is 5.74. The van der Waals surface area contributed by atoms with E-state index in [4.69, 9.17) is 16.3 Å². The van der Waals surface area contributed by atoms with Gasteiger partial charge in [-0.2, -0.15) is 11.7 Å². The van der Waals surface area contributed by atoms with Gasteiger partial charge in [0.25, 0.3) is 0 Å². The summed E-state index contributed by atoms with van der Waals surface area (Å²) in [7, 11) is 0. The molecular weight excluding hydrogens is 1270 g/mol. The summed E-state index contributed by atoms with van der Waals surface area (Å²) in [5, 5.41) is 15.2. The fourth-order valence-corrected chi connectivity index (χ4v) is 0. The maximum absolute atomic E-state index is 7.62. The quantitative estimate of drug-likeness (QED) is 0.411. The minimum Gasteiger partial charge on any atom is -0.358 e. The number of hydrogen-bond donors (Lipinski definition) is 1. The molecule has 3 nitrogen and oxygen atoms in total. The summed E-state index contributed by atoms with van der Waals surface area (Å²) >= 11 is 0. The molecule has 0 atom stereocenters. The van der Waals surface area contributed by atoms with Crippen LogP contribution >= 0.6 is 0 Å². The number of nitriles is 2. The molecule has 0 saturated carbocycles. The molecule has 9 heteroatoms. The molecule has 0 amide bonds. The molecule has 19 heavy (non-hydrogen) atoms. The van der Waals surface area contributed by atoms with Crippen molar-refractivity contribution in [3.8, 4) is 12.1 Å². The van der Waals surface area contributed by atoms with Crippen LogP contribution < -0.4 is 5.73 Å². The second kappa shape index (κ2) is 103. The Morgan fingerprint density at radius 1 is 0.895 bits per heavy atom. The van der Waals surface area contributed by atoms with E-state index in [1.54, 1.807) is 0 Å². The molecular formula is C10H20N3W6-3. The third kappa shape index (κ3) is 208. The van der Waals surface area contributed by atoms with Crippen molar-refractivity contribution in [1.29, 1.82) is 10.5 Å². The molecule has 0 heterocycles. The minimum atomic E-state index is 0. The predicted molar refractivity (Wildman–Crippen MR) is 56.9 cm³/mol. The summed E-state index contributed by atoms with van der Waals surface area (Å²) in [5.41, 5.74) is 4.97. The Balaban J connectivity index is -0.00000000675. The van der Waals surface area contributed by atoms with Gasteiger partial charge >= 0.3 is 0 Å². The summed E-state index contributed by atoms with van der Waals surface area (Å²) in [4.78, 5) is 0. The maximum atomic E-state index is 7.62. The van der Waals surface area contributed by atoms with Crippen LogP contribution in [0, 0.1) is 43.9 Å². The van der Waals surface area contributed by atoms with E-state index in [1.165, 1.54) is 0 Å². The number of nitrogens with zero attached hydrogens (tertiary/aromatic N) is 2. The third-order valence-electron chi connectivity index (χ3n) is 0.474. The van der Waals surface area contributed by atoms with E-state index in [0.29, 0.717) is 19.4 Å². The molecule has 0 rings (SSSR count). The van der Waals surface area contributed by atoms with Gasteiger partial charge in [0.05, 0.1) is 6.07 Å². The van der Waals surface area contributed by atoms with Gasteiger partial charge in [0.1, 0.15) is 0 Å². The van der Waals surface area contributed by atoms with Crippen molar-refractivity contribution < 1.29 is 126 Å². The van der Waals surface area contributed by atoms with Crippen LogP contribution in [0.4, 0.5) is 0 Å². The van der Waals surface area contributed by atoms with Crippen molar-refractivity contribution in [2.24, 2.45) is 5.73 Å². The van der Waals surface area contributed by atoms with E-state index in [1.807, 2.05) is 19.1 Å². The first kappa shape index (κ1) is 67.3. The van der Waals surface area contributed by atoms with Gasteiger partial charge in [-0.15, -0.1) is 0 Å². The van der Waals surface area contributed by atoms with Gasteiger partial charge in [0, 0.05) is 139 Å². The van der Waals surface area contributed by atoms with Crippen molar-refractivity contribution in [3.05, 3.63) is 21.3 Å². The molecule has 0 aromatic carbocycles. The number of hydrogen-bond acceptors (Lipinski definition) is 3. The van der Waals surface area contributed by atoms with Gasteiger partial charge in [-0.1, -0.05) is 13.3 Å². The van der Waals surface area contributed by atoms with Crippen LogP contribution in [0.3, 0.4) is 0 Å². The van der Waals surface area contributed by atoms with Crippen LogP contribution in [-0.2, 0) is 126 Å². The van der Waals surface area contributed by atoms with E-state index in [9.17, 15) is 0 Å². The second-order valence-electron chi connectivity index (χ2n) is 1.56. The van der Waals surface area contributed by atoms with Crippen molar-refractivity contribution in [2.45, 2.75) is 26.2 Å². The zero-order valence-electron chi connectivity index (χ0n) is 11.2. The van der Waals surface area contributed by atoms with E-state index in [-0.39, 0.29) is 134 Å². The van der Waals surface area contributed by atoms with Crippen LogP contribution in [0.5, 0.6) is 0 Å². The normalized spacial score (nSPS) is 3.68. The van der Waals surface area contributed by atoms with Crippen LogP contribution in [0.2, 0.25) is 0 Å². The first-order valence-corrected chi connectivity index (χ1v) is 3.77. The monoisotopic (exact) mass is 1290 g/mol. The summed E-state index contributed by atoms with van der Waals surface area (Å²) in [6.07, 6.45) is 1.85. The number of rotatable bonds is 1.